The molecule has 140 valence electrons. The van der Waals surface area contributed by atoms with E-state index in [1.165, 1.54) is 6.07 Å². The molecule has 4 nitrogen and oxygen atoms in total. The summed E-state index contributed by atoms with van der Waals surface area (Å²) < 4.78 is 47.0. The average Bonchev–Trinajstić information content (AvgIpc) is 2.92. The molecule has 0 aromatic heterocycles. The number of nitrogens with zero attached hydrogens (tertiary/aromatic N) is 1. The fourth-order valence-corrected chi connectivity index (χ4v) is 2.83. The van der Waals surface area contributed by atoms with E-state index in [1.54, 1.807) is 37.8 Å². The molecule has 1 aliphatic heterocycles. The van der Waals surface area contributed by atoms with E-state index in [0.717, 1.165) is 5.56 Å². The molecule has 2 rings (SSSR count). The van der Waals surface area contributed by atoms with Gasteiger partial charge in [0.15, 0.2) is 6.61 Å². The minimum absolute atomic E-state index is 0.0283. The summed E-state index contributed by atoms with van der Waals surface area (Å²) in [5, 5.41) is 0.297. The molecule has 1 aromatic rings. The van der Waals surface area contributed by atoms with Crippen LogP contribution in [0.5, 0.6) is 5.75 Å². The van der Waals surface area contributed by atoms with E-state index < -0.39 is 24.5 Å². The summed E-state index contributed by atoms with van der Waals surface area (Å²) in [6.45, 7) is 4.94. The van der Waals surface area contributed by atoms with Gasteiger partial charge >= 0.3 is 12.3 Å². The average molecular weight is 380 g/mol. The van der Waals surface area contributed by atoms with Crippen molar-refractivity contribution in [1.82, 2.24) is 4.90 Å². The molecule has 1 saturated heterocycles. The molecule has 25 heavy (non-hydrogen) atoms. The Balaban J connectivity index is 2.04. The van der Waals surface area contributed by atoms with Crippen LogP contribution in [-0.4, -0.2) is 42.5 Å². The van der Waals surface area contributed by atoms with E-state index in [9.17, 15) is 18.0 Å². The lowest BCUT2D eigenvalue weighted by Crippen LogP contribution is -2.35. The zero-order valence-electron chi connectivity index (χ0n) is 14.3. The maximum Gasteiger partial charge on any atom is 0.422 e. The third-order valence-electron chi connectivity index (χ3n) is 3.61. The zero-order chi connectivity index (χ0) is 18.8. The highest BCUT2D eigenvalue weighted by atomic mass is 35.5. The van der Waals surface area contributed by atoms with Gasteiger partial charge in [-0.05, 0) is 51.0 Å². The van der Waals surface area contributed by atoms with Crippen LogP contribution in [0.4, 0.5) is 18.0 Å². The van der Waals surface area contributed by atoms with Crippen LogP contribution in [0.2, 0.25) is 5.02 Å². The van der Waals surface area contributed by atoms with E-state index in [-0.39, 0.29) is 11.7 Å². The van der Waals surface area contributed by atoms with Gasteiger partial charge in [-0.2, -0.15) is 13.2 Å². The van der Waals surface area contributed by atoms with Crippen LogP contribution in [0, 0.1) is 0 Å². The van der Waals surface area contributed by atoms with Crippen molar-refractivity contribution >= 4 is 17.7 Å². The summed E-state index contributed by atoms with van der Waals surface area (Å²) in [5.74, 6) is 0.0370. The maximum absolute atomic E-state index is 12.3. The number of rotatable bonds is 3. The monoisotopic (exact) mass is 379 g/mol. The first kappa shape index (κ1) is 19.7. The van der Waals surface area contributed by atoms with Crippen molar-refractivity contribution in [2.45, 2.75) is 44.9 Å². The lowest BCUT2D eigenvalue weighted by molar-refractivity contribution is -0.153. The maximum atomic E-state index is 12.3. The van der Waals surface area contributed by atoms with Gasteiger partial charge in [-0.25, -0.2) is 4.79 Å². The van der Waals surface area contributed by atoms with E-state index in [0.29, 0.717) is 24.5 Å². The first-order valence-corrected chi connectivity index (χ1v) is 8.29. The van der Waals surface area contributed by atoms with Crippen molar-refractivity contribution in [3.05, 3.63) is 28.8 Å². The van der Waals surface area contributed by atoms with E-state index >= 15 is 0 Å². The molecular formula is C17H21ClF3NO3. The van der Waals surface area contributed by atoms with Gasteiger partial charge in [0, 0.05) is 24.0 Å². The molecule has 1 aromatic carbocycles. The quantitative estimate of drug-likeness (QED) is 0.741. The molecule has 1 aliphatic rings. The van der Waals surface area contributed by atoms with Gasteiger partial charge in [-0.1, -0.05) is 11.6 Å². The topological polar surface area (TPSA) is 38.8 Å². The highest BCUT2D eigenvalue weighted by Gasteiger charge is 2.31. The third kappa shape index (κ3) is 6.30. The number of hydrogen-bond acceptors (Lipinski definition) is 3. The van der Waals surface area contributed by atoms with Crippen LogP contribution in [0.3, 0.4) is 0 Å². The summed E-state index contributed by atoms with van der Waals surface area (Å²) >= 11 is 6.00. The molecule has 0 radical (unpaired) electrons. The minimum atomic E-state index is -4.41. The molecule has 1 atom stereocenters. The SMILES string of the molecule is CC(C)(C)OC(=O)N1CCC(c2cc(Cl)cc(OCC(F)(F)F)c2)C1. The van der Waals surface area contributed by atoms with Crippen LogP contribution in [0.25, 0.3) is 0 Å². The summed E-state index contributed by atoms with van der Waals surface area (Å²) in [7, 11) is 0. The molecule has 1 unspecified atom stereocenters. The number of likely N-dealkylation sites (tertiary alicyclic amines) is 1. The van der Waals surface area contributed by atoms with Gasteiger partial charge in [0.1, 0.15) is 11.4 Å². The van der Waals surface area contributed by atoms with Gasteiger partial charge in [0.2, 0.25) is 0 Å². The lowest BCUT2D eigenvalue weighted by Gasteiger charge is -2.24. The summed E-state index contributed by atoms with van der Waals surface area (Å²) in [6.07, 6.45) is -4.13. The molecule has 1 fully saturated rings. The Morgan fingerprint density at radius 2 is 1.96 bits per heavy atom. The third-order valence-corrected chi connectivity index (χ3v) is 3.83. The Morgan fingerprint density at radius 3 is 2.56 bits per heavy atom. The van der Waals surface area contributed by atoms with Crippen LogP contribution < -0.4 is 4.74 Å². The zero-order valence-corrected chi connectivity index (χ0v) is 15.1. The smallest absolute Gasteiger partial charge is 0.422 e. The molecule has 0 bridgehead atoms. The van der Waals surface area contributed by atoms with Crippen LogP contribution >= 0.6 is 11.6 Å². The lowest BCUT2D eigenvalue weighted by atomic mass is 9.98. The Labute approximate surface area is 149 Å². The van der Waals surface area contributed by atoms with Crippen LogP contribution in [-0.2, 0) is 4.74 Å². The molecule has 0 aliphatic carbocycles. The van der Waals surface area contributed by atoms with Crippen molar-refractivity contribution < 1.29 is 27.4 Å². The second-order valence-electron chi connectivity index (χ2n) is 7.04. The van der Waals surface area contributed by atoms with Crippen molar-refractivity contribution in [3.8, 4) is 5.75 Å². The number of ether oxygens (including phenoxy) is 2. The van der Waals surface area contributed by atoms with E-state index in [4.69, 9.17) is 21.1 Å². The summed E-state index contributed by atoms with van der Waals surface area (Å²) in [4.78, 5) is 13.7. The van der Waals surface area contributed by atoms with E-state index in [2.05, 4.69) is 0 Å². The minimum Gasteiger partial charge on any atom is -0.484 e. The number of carbonyl (C=O) groups excluding carboxylic acids is 1. The van der Waals surface area contributed by atoms with Crippen molar-refractivity contribution in [1.29, 1.82) is 0 Å². The molecule has 0 spiro atoms. The van der Waals surface area contributed by atoms with Crippen LogP contribution in [0.1, 0.15) is 38.7 Å². The standard InChI is InChI=1S/C17H21ClF3NO3/c1-16(2,3)25-15(23)22-5-4-11(9-22)12-6-13(18)8-14(7-12)24-10-17(19,20)21/h6-8,11H,4-5,9-10H2,1-3H3. The van der Waals surface area contributed by atoms with Crippen molar-refractivity contribution in [2.24, 2.45) is 0 Å². The number of alkyl halides is 3. The predicted molar refractivity (Wildman–Crippen MR) is 88.2 cm³/mol. The Kier molecular flexibility index (Phi) is 5.76. The summed E-state index contributed by atoms with van der Waals surface area (Å²) in [5.41, 5.74) is 0.167. The van der Waals surface area contributed by atoms with Gasteiger partial charge < -0.3 is 14.4 Å². The number of carbonyl (C=O) groups is 1. The fraction of sp³-hybridized carbons (Fsp3) is 0.588. The number of halogens is 4. The number of benzene rings is 1. The Morgan fingerprint density at radius 1 is 1.28 bits per heavy atom. The molecule has 1 amide bonds. The second-order valence-corrected chi connectivity index (χ2v) is 7.47. The number of amides is 1. The van der Waals surface area contributed by atoms with Crippen molar-refractivity contribution in [2.75, 3.05) is 19.7 Å². The molecule has 0 saturated carbocycles. The second kappa shape index (κ2) is 7.32. The van der Waals surface area contributed by atoms with Gasteiger partial charge in [-0.3, -0.25) is 0 Å². The Bertz CT molecular complexity index is 629. The van der Waals surface area contributed by atoms with E-state index in [1.807, 2.05) is 0 Å². The van der Waals surface area contributed by atoms with Gasteiger partial charge in [0.05, 0.1) is 0 Å². The highest BCUT2D eigenvalue weighted by molar-refractivity contribution is 6.30. The molecule has 1 heterocycles. The molecule has 0 N–H and O–H groups in total. The van der Waals surface area contributed by atoms with Gasteiger partial charge in [0.25, 0.3) is 0 Å². The Hall–Kier alpha value is -1.63. The molecule has 8 heteroatoms. The summed E-state index contributed by atoms with van der Waals surface area (Å²) in [6, 6.07) is 4.57. The van der Waals surface area contributed by atoms with Gasteiger partial charge in [-0.15, -0.1) is 0 Å². The first-order chi connectivity index (χ1) is 11.4. The first-order valence-electron chi connectivity index (χ1n) is 7.91. The highest BCUT2D eigenvalue weighted by Crippen LogP contribution is 2.33. The number of hydrogen-bond donors (Lipinski definition) is 0. The largest absolute Gasteiger partial charge is 0.484 e. The van der Waals surface area contributed by atoms with Crippen molar-refractivity contribution in [3.63, 3.8) is 0 Å². The van der Waals surface area contributed by atoms with Crippen LogP contribution in [0.15, 0.2) is 18.2 Å². The molecular weight excluding hydrogens is 359 g/mol. The predicted octanol–water partition coefficient (Wildman–Crippen LogP) is 5.01. The fourth-order valence-electron chi connectivity index (χ4n) is 2.59. The normalized spacial score (nSPS) is 18.4.